The Hall–Kier alpha value is -4.19. The summed E-state index contributed by atoms with van der Waals surface area (Å²) in [7, 11) is 1.64. The molecule has 0 amide bonds. The number of rotatable bonds is 4. The first-order valence-electron chi connectivity index (χ1n) is 9.94. The maximum absolute atomic E-state index is 12.6. The molecule has 0 saturated heterocycles. The molecule has 0 radical (unpaired) electrons. The molecule has 0 aliphatic heterocycles. The van der Waals surface area contributed by atoms with E-state index in [0.29, 0.717) is 11.6 Å². The zero-order valence-corrected chi connectivity index (χ0v) is 17.2. The Balaban J connectivity index is 1.72. The lowest BCUT2D eigenvalue weighted by atomic mass is 10.0. The van der Waals surface area contributed by atoms with Gasteiger partial charge in [0.05, 0.1) is 12.6 Å². The van der Waals surface area contributed by atoms with Crippen LogP contribution in [0.4, 0.5) is 11.6 Å². The average Bonchev–Trinajstić information content (AvgIpc) is 3.36. The van der Waals surface area contributed by atoms with Gasteiger partial charge in [0, 0.05) is 28.8 Å². The van der Waals surface area contributed by atoms with E-state index in [1.54, 1.807) is 11.7 Å². The quantitative estimate of drug-likeness (QED) is 0.329. The molecule has 6 nitrogen and oxygen atoms in total. The Morgan fingerprint density at radius 2 is 1.68 bits per heavy atom. The van der Waals surface area contributed by atoms with Crippen LogP contribution in [0.5, 0.6) is 5.75 Å². The molecule has 6 heteroatoms. The molecule has 0 bridgehead atoms. The fourth-order valence-electron chi connectivity index (χ4n) is 3.90. The van der Waals surface area contributed by atoms with E-state index < -0.39 is 0 Å². The number of fused-ring (bicyclic) bond motifs is 2. The Morgan fingerprint density at radius 1 is 0.935 bits per heavy atom. The van der Waals surface area contributed by atoms with Crippen molar-refractivity contribution in [2.24, 2.45) is 10.2 Å². The first-order chi connectivity index (χ1) is 15.2. The molecule has 0 atom stereocenters. The molecule has 1 N–H and O–H groups in total. The van der Waals surface area contributed by atoms with Gasteiger partial charge >= 0.3 is 0 Å². The molecule has 0 fully saturated rings. The van der Waals surface area contributed by atoms with E-state index in [0.717, 1.165) is 38.7 Å². The molecule has 0 unspecified atom stereocenters. The standard InChI is InChI=1S/C25H20N4O2/c1-16(30)29-22-10-6-4-8-20(22)24(17-11-13-19(31-2)14-12-17)25(29)28-27-23-15-18-7-3-5-9-21(18)26-23/h3-15,26H,1-2H3. The fourth-order valence-corrected chi connectivity index (χ4v) is 3.90. The van der Waals surface area contributed by atoms with Gasteiger partial charge in [-0.2, -0.15) is 0 Å². The molecule has 0 aliphatic carbocycles. The second kappa shape index (κ2) is 7.57. The van der Waals surface area contributed by atoms with E-state index in [4.69, 9.17) is 4.74 Å². The number of H-pyrrole nitrogens is 1. The third-order valence-corrected chi connectivity index (χ3v) is 5.31. The summed E-state index contributed by atoms with van der Waals surface area (Å²) in [5, 5.41) is 11.0. The zero-order valence-electron chi connectivity index (χ0n) is 17.2. The molecule has 2 aromatic heterocycles. The number of aromatic amines is 1. The highest BCUT2D eigenvalue weighted by Crippen LogP contribution is 2.41. The smallest absolute Gasteiger partial charge is 0.229 e. The zero-order chi connectivity index (χ0) is 21.4. The summed E-state index contributed by atoms with van der Waals surface area (Å²) in [6, 6.07) is 25.4. The van der Waals surface area contributed by atoms with Crippen LogP contribution in [-0.4, -0.2) is 22.6 Å². The Kier molecular flexibility index (Phi) is 4.59. The summed E-state index contributed by atoms with van der Waals surface area (Å²) in [5.41, 5.74) is 3.57. The van der Waals surface area contributed by atoms with E-state index in [2.05, 4.69) is 15.2 Å². The normalized spacial score (nSPS) is 11.5. The van der Waals surface area contributed by atoms with Gasteiger partial charge < -0.3 is 9.72 Å². The van der Waals surface area contributed by atoms with Crippen molar-refractivity contribution in [1.29, 1.82) is 0 Å². The number of ether oxygens (including phenoxy) is 1. The number of nitrogens with zero attached hydrogens (tertiary/aromatic N) is 3. The van der Waals surface area contributed by atoms with Gasteiger partial charge in [-0.15, -0.1) is 10.2 Å². The topological polar surface area (TPSA) is 71.7 Å². The van der Waals surface area contributed by atoms with Crippen LogP contribution in [0, 0.1) is 0 Å². The van der Waals surface area contributed by atoms with Gasteiger partial charge in [0.25, 0.3) is 0 Å². The van der Waals surface area contributed by atoms with Crippen LogP contribution in [0.15, 0.2) is 89.1 Å². The minimum Gasteiger partial charge on any atom is -0.497 e. The fraction of sp³-hybridized carbons (Fsp3) is 0.0800. The van der Waals surface area contributed by atoms with Crippen LogP contribution in [0.25, 0.3) is 32.9 Å². The van der Waals surface area contributed by atoms with Gasteiger partial charge in [0.1, 0.15) is 5.75 Å². The maximum atomic E-state index is 12.6. The second-order valence-electron chi connectivity index (χ2n) is 7.24. The molecular formula is C25H20N4O2. The van der Waals surface area contributed by atoms with Crippen LogP contribution in [0.1, 0.15) is 11.7 Å². The lowest BCUT2D eigenvalue weighted by Gasteiger charge is -2.05. The SMILES string of the molecule is COc1ccc(-c2c(N=Nc3cc4ccccc4[nH]3)n(C(C)=O)c3ccccc23)cc1. The van der Waals surface area contributed by atoms with E-state index in [-0.39, 0.29) is 5.91 Å². The second-order valence-corrected chi connectivity index (χ2v) is 7.24. The summed E-state index contributed by atoms with van der Waals surface area (Å²) in [4.78, 5) is 15.9. The van der Waals surface area contributed by atoms with Crippen molar-refractivity contribution in [3.63, 3.8) is 0 Å². The third kappa shape index (κ3) is 3.28. The number of carbonyl (C=O) groups excluding carboxylic acids is 1. The first kappa shape index (κ1) is 18.8. The Bertz CT molecular complexity index is 1410. The highest BCUT2D eigenvalue weighted by molar-refractivity contribution is 6.07. The summed E-state index contributed by atoms with van der Waals surface area (Å²) < 4.78 is 6.91. The number of nitrogens with one attached hydrogen (secondary N) is 1. The largest absolute Gasteiger partial charge is 0.497 e. The number of methoxy groups -OCH3 is 1. The van der Waals surface area contributed by atoms with Crippen LogP contribution in [0.2, 0.25) is 0 Å². The lowest BCUT2D eigenvalue weighted by molar-refractivity contribution is 0.0943. The van der Waals surface area contributed by atoms with E-state index in [9.17, 15) is 4.79 Å². The van der Waals surface area contributed by atoms with Crippen molar-refractivity contribution >= 4 is 39.3 Å². The van der Waals surface area contributed by atoms with Gasteiger partial charge in [-0.25, -0.2) is 0 Å². The predicted molar refractivity (Wildman–Crippen MR) is 123 cm³/mol. The van der Waals surface area contributed by atoms with Gasteiger partial charge in [-0.1, -0.05) is 48.5 Å². The van der Waals surface area contributed by atoms with Crippen molar-refractivity contribution in [3.05, 3.63) is 78.9 Å². The third-order valence-electron chi connectivity index (χ3n) is 5.31. The summed E-state index contributed by atoms with van der Waals surface area (Å²) >= 11 is 0. The van der Waals surface area contributed by atoms with Crippen molar-refractivity contribution < 1.29 is 9.53 Å². The minimum atomic E-state index is -0.124. The molecule has 2 heterocycles. The molecule has 3 aromatic carbocycles. The Labute approximate surface area is 178 Å². The van der Waals surface area contributed by atoms with Crippen molar-refractivity contribution in [2.45, 2.75) is 6.92 Å². The lowest BCUT2D eigenvalue weighted by Crippen LogP contribution is -2.04. The summed E-state index contributed by atoms with van der Waals surface area (Å²) in [5.74, 6) is 1.77. The maximum Gasteiger partial charge on any atom is 0.229 e. The predicted octanol–water partition coefficient (Wildman–Crippen LogP) is 6.87. The molecule has 5 rings (SSSR count). The Morgan fingerprint density at radius 3 is 2.42 bits per heavy atom. The highest BCUT2D eigenvalue weighted by Gasteiger charge is 2.21. The van der Waals surface area contributed by atoms with Gasteiger partial charge in [0.2, 0.25) is 5.91 Å². The first-order valence-corrected chi connectivity index (χ1v) is 9.94. The van der Waals surface area contributed by atoms with E-state index in [1.807, 2.05) is 78.9 Å². The van der Waals surface area contributed by atoms with E-state index in [1.165, 1.54) is 6.92 Å². The number of benzene rings is 3. The number of azo groups is 1. The summed E-state index contributed by atoms with van der Waals surface area (Å²) in [6.07, 6.45) is 0. The van der Waals surface area contributed by atoms with Crippen LogP contribution < -0.4 is 4.74 Å². The number of para-hydroxylation sites is 2. The number of carbonyl (C=O) groups is 1. The number of hydrogen-bond donors (Lipinski definition) is 1. The van der Waals surface area contributed by atoms with Crippen LogP contribution in [-0.2, 0) is 0 Å². The highest BCUT2D eigenvalue weighted by atomic mass is 16.5. The monoisotopic (exact) mass is 408 g/mol. The van der Waals surface area contributed by atoms with Gasteiger partial charge in [-0.3, -0.25) is 9.36 Å². The van der Waals surface area contributed by atoms with E-state index >= 15 is 0 Å². The van der Waals surface area contributed by atoms with Crippen LogP contribution in [0.3, 0.4) is 0 Å². The van der Waals surface area contributed by atoms with Crippen molar-refractivity contribution in [2.75, 3.05) is 7.11 Å². The van der Waals surface area contributed by atoms with Crippen LogP contribution >= 0.6 is 0 Å². The summed E-state index contributed by atoms with van der Waals surface area (Å²) in [6.45, 7) is 1.53. The molecule has 5 aromatic rings. The molecule has 0 spiro atoms. The molecule has 31 heavy (non-hydrogen) atoms. The van der Waals surface area contributed by atoms with Crippen molar-refractivity contribution in [3.8, 4) is 16.9 Å². The minimum absolute atomic E-state index is 0.124. The molecule has 0 aliphatic rings. The molecule has 152 valence electrons. The van der Waals surface area contributed by atoms with Gasteiger partial charge in [-0.05, 0) is 35.9 Å². The molecule has 0 saturated carbocycles. The van der Waals surface area contributed by atoms with Crippen molar-refractivity contribution in [1.82, 2.24) is 9.55 Å². The molecular weight excluding hydrogens is 388 g/mol. The van der Waals surface area contributed by atoms with Gasteiger partial charge in [0.15, 0.2) is 11.6 Å². The number of aromatic nitrogens is 2. The number of hydrogen-bond acceptors (Lipinski definition) is 4. The average molecular weight is 408 g/mol.